The van der Waals surface area contributed by atoms with Crippen molar-refractivity contribution in [3.63, 3.8) is 0 Å². The van der Waals surface area contributed by atoms with Gasteiger partial charge in [0.1, 0.15) is 24.3 Å². The topological polar surface area (TPSA) is 224 Å². The van der Waals surface area contributed by atoms with E-state index in [2.05, 4.69) is 31.4 Å². The van der Waals surface area contributed by atoms with Gasteiger partial charge in [0.25, 0.3) is 16.0 Å². The van der Waals surface area contributed by atoms with E-state index in [-0.39, 0.29) is 22.4 Å². The molecule has 3 aromatic carbocycles. The number of amides is 1. The lowest BCUT2D eigenvalue weighted by atomic mass is 9.83. The zero-order valence-electron chi connectivity index (χ0n) is 33.6. The second-order valence-corrected chi connectivity index (χ2v) is 17.9. The summed E-state index contributed by atoms with van der Waals surface area (Å²) in [7, 11) is -0.635. The molecule has 4 N–H and O–H groups in total. The molecular weight excluding hydrogens is 801 g/mol. The minimum Gasteiger partial charge on any atom is -0.478 e. The van der Waals surface area contributed by atoms with E-state index in [4.69, 9.17) is 19.9 Å². The number of fused-ring (bicyclic) bond motifs is 4. The molecule has 0 aromatic heterocycles. The predicted octanol–water partition coefficient (Wildman–Crippen LogP) is 6.20. The van der Waals surface area contributed by atoms with Gasteiger partial charge in [-0.2, -0.15) is 8.42 Å². The van der Waals surface area contributed by atoms with Crippen LogP contribution in [0.4, 0.5) is 5.69 Å². The lowest BCUT2D eigenvalue weighted by Gasteiger charge is -2.41. The van der Waals surface area contributed by atoms with Crippen LogP contribution in [0.5, 0.6) is 11.5 Å². The molecule has 16 nitrogen and oxygen atoms in total. The molecule has 0 unspecified atom stereocenters. The summed E-state index contributed by atoms with van der Waals surface area (Å²) in [6, 6.07) is 11.9. The minimum absolute atomic E-state index is 0.148. The number of likely N-dealkylation sites (N-methyl/N-ethyl adjacent to an activating group) is 2. The van der Waals surface area contributed by atoms with E-state index in [0.717, 1.165) is 48.1 Å². The fourth-order valence-corrected chi connectivity index (χ4v) is 8.87. The average molecular weight is 848 g/mol. The number of carbonyl (C=O) groups excluding carboxylic acids is 1. The third-order valence-corrected chi connectivity index (χ3v) is 12.4. The van der Waals surface area contributed by atoms with Crippen LogP contribution in [0.2, 0.25) is 0 Å². The second-order valence-electron chi connectivity index (χ2n) is 15.8. The molecule has 6 rings (SSSR count). The summed E-state index contributed by atoms with van der Waals surface area (Å²) in [5.74, 6) is -1.27. The molecule has 0 spiro atoms. The van der Waals surface area contributed by atoms with Crippen molar-refractivity contribution in [1.82, 2.24) is 9.89 Å². The third-order valence-electron chi connectivity index (χ3n) is 11.1. The largest absolute Gasteiger partial charge is 0.478 e. The molecular formula is C41H47N6O10S2+. The molecule has 0 aliphatic carbocycles. The Balaban J connectivity index is 1.56. The highest BCUT2D eigenvalue weighted by Crippen LogP contribution is 2.47. The van der Waals surface area contributed by atoms with Crippen LogP contribution in [0, 0.1) is 0 Å². The maximum Gasteiger partial charge on any atom is 0.336 e. The molecule has 0 saturated carbocycles. The van der Waals surface area contributed by atoms with Gasteiger partial charge in [0.05, 0.1) is 22.7 Å². The van der Waals surface area contributed by atoms with Gasteiger partial charge in [0.15, 0.2) is 5.54 Å². The van der Waals surface area contributed by atoms with Crippen molar-refractivity contribution in [2.75, 3.05) is 43.6 Å². The molecule has 1 amide bonds. The van der Waals surface area contributed by atoms with Gasteiger partial charge in [0.2, 0.25) is 5.36 Å². The molecule has 0 atom stereocenters. The molecule has 3 aromatic rings. The van der Waals surface area contributed by atoms with Gasteiger partial charge < -0.3 is 20.1 Å². The van der Waals surface area contributed by atoms with Crippen molar-refractivity contribution in [2.24, 2.45) is 5.11 Å². The average Bonchev–Trinajstić information content (AvgIpc) is 3.17. The highest BCUT2D eigenvalue weighted by atomic mass is 32.2. The van der Waals surface area contributed by atoms with Crippen molar-refractivity contribution in [1.29, 1.82) is 0 Å². The first kappa shape index (κ1) is 43.4. The summed E-state index contributed by atoms with van der Waals surface area (Å²) in [6.45, 7) is 8.72. The first-order valence-corrected chi connectivity index (χ1v) is 21.4. The Labute approximate surface area is 345 Å². The van der Waals surface area contributed by atoms with E-state index in [9.17, 15) is 27.7 Å². The number of unbranched alkanes of at least 4 members (excludes halogenated alkanes) is 3. The Kier molecular flexibility index (Phi) is 12.6. The van der Waals surface area contributed by atoms with Crippen molar-refractivity contribution in [2.45, 2.75) is 64.5 Å². The van der Waals surface area contributed by atoms with Gasteiger partial charge in [0, 0.05) is 95.9 Å². The highest BCUT2D eigenvalue weighted by Gasteiger charge is 2.37. The van der Waals surface area contributed by atoms with Gasteiger partial charge >= 0.3 is 5.97 Å². The van der Waals surface area contributed by atoms with Gasteiger partial charge in [-0.1, -0.05) is 35.1 Å². The maximum atomic E-state index is 13.3. The highest BCUT2D eigenvalue weighted by molar-refractivity contribution is 7.95. The van der Waals surface area contributed by atoms with Gasteiger partial charge in [-0.15, -0.1) is 4.33 Å². The number of anilines is 1. The number of rotatable bonds is 16. The second kappa shape index (κ2) is 17.2. The Morgan fingerprint density at radius 1 is 0.983 bits per heavy atom. The van der Waals surface area contributed by atoms with E-state index >= 15 is 0 Å². The van der Waals surface area contributed by atoms with Crippen LogP contribution in [0.25, 0.3) is 27.2 Å². The van der Waals surface area contributed by atoms with Crippen molar-refractivity contribution < 1.29 is 47.0 Å². The molecule has 3 heterocycles. The number of azide groups is 1. The number of carbonyl (C=O) groups is 2. The smallest absolute Gasteiger partial charge is 0.336 e. The number of carboxylic acid groups (broad SMARTS) is 1. The molecule has 18 heteroatoms. The first-order valence-electron chi connectivity index (χ1n) is 18.9. The number of nitrogens with zero attached hydrogens (tertiary/aromatic N) is 5. The number of carboxylic acids is 1. The first-order chi connectivity index (χ1) is 27.9. The Morgan fingerprint density at radius 2 is 1.73 bits per heavy atom. The maximum absolute atomic E-state index is 13.3. The summed E-state index contributed by atoms with van der Waals surface area (Å²) in [4.78, 5) is 31.4. The van der Waals surface area contributed by atoms with Crippen LogP contribution in [-0.2, 0) is 19.5 Å². The minimum atomic E-state index is -4.46. The van der Waals surface area contributed by atoms with E-state index in [1.165, 1.54) is 6.07 Å². The van der Waals surface area contributed by atoms with E-state index < -0.39 is 38.8 Å². The van der Waals surface area contributed by atoms with Gasteiger partial charge in [-0.25, -0.2) is 14.6 Å². The number of hydrogen-bond donors (Lipinski definition) is 4. The zero-order chi connectivity index (χ0) is 42.9. The monoisotopic (exact) mass is 847 g/mol. The number of aromatic carboxylic acids is 1. The Bertz CT molecular complexity index is 2580. The molecule has 0 radical (unpaired) electrons. The van der Waals surface area contributed by atoms with Crippen LogP contribution in [0.15, 0.2) is 59.7 Å². The van der Waals surface area contributed by atoms with Crippen LogP contribution in [0.1, 0.15) is 96.3 Å². The van der Waals surface area contributed by atoms with Crippen molar-refractivity contribution >= 4 is 56.4 Å². The molecule has 0 bridgehead atoms. The fourth-order valence-electron chi connectivity index (χ4n) is 7.78. The van der Waals surface area contributed by atoms with Crippen molar-refractivity contribution in [3.05, 3.63) is 109 Å². The molecule has 0 fully saturated rings. The number of ether oxygens (including phenoxy) is 1. The summed E-state index contributed by atoms with van der Waals surface area (Å²) in [5.41, 5.74) is 11.9. The lowest BCUT2D eigenvalue weighted by molar-refractivity contribution is -0.432. The molecule has 0 saturated heterocycles. The summed E-state index contributed by atoms with van der Waals surface area (Å²) in [5, 5.41) is 31.0. The molecule has 3 aliphatic heterocycles. The predicted molar refractivity (Wildman–Crippen MR) is 225 cm³/mol. The Hall–Kier alpha value is -5.20. The summed E-state index contributed by atoms with van der Waals surface area (Å²) >= 11 is 0.883. The van der Waals surface area contributed by atoms with Crippen LogP contribution >= 0.6 is 12.0 Å². The van der Waals surface area contributed by atoms with Gasteiger partial charge in [-0.3, -0.25) is 9.35 Å². The summed E-state index contributed by atoms with van der Waals surface area (Å²) in [6.07, 6.45) is 6.92. The molecule has 312 valence electrons. The van der Waals surface area contributed by atoms with Crippen LogP contribution in [0.3, 0.4) is 0 Å². The standard InChI is InChI=1S/C41H46N6O10S2/c1-40(2)20-25(22-58-57-56-51)28-16-31-35(18-33(28)46(40)5)55-36-19-34-29(26(23-59(52,53)54)21-41(3,4)47(34)6)17-32(36)37(31)27-12-11-24(15-30(27)39(49)50)38(48)43-13-9-7-8-10-14-44-45-42/h11-12,15-21H,7-10,13-14,22-23H2,1-6H3,(H3-,43,48,49,50,51,52,53,54)/p+1. The van der Waals surface area contributed by atoms with Crippen LogP contribution in [-0.4, -0.2) is 85.0 Å². The number of nitrogens with one attached hydrogen (secondary N) is 1. The Morgan fingerprint density at radius 3 is 2.42 bits per heavy atom. The van der Waals surface area contributed by atoms with E-state index in [0.29, 0.717) is 63.9 Å². The molecule has 3 aliphatic rings. The van der Waals surface area contributed by atoms with Crippen LogP contribution < -0.4 is 30.1 Å². The third kappa shape index (κ3) is 9.18. The fraction of sp³-hybridized carbons (Fsp3) is 0.390. The lowest BCUT2D eigenvalue weighted by Crippen LogP contribution is -2.47. The van der Waals surface area contributed by atoms with E-state index in [1.54, 1.807) is 30.3 Å². The number of benzene rings is 3. The quantitative estimate of drug-likeness (QED) is 0.0114. The SMILES string of the molecule is CN1c2cc3c(cc2C(CSOOO)=CC1(C)C)C(c1ccc(C(=O)NCCCCCCN=[N+]=[N-])cc1C(=O)O)=c1cc2c(cc1O3)=[N+](C)C(C)(C)C=C2CS(=O)(=O)O. The zero-order valence-corrected chi connectivity index (χ0v) is 35.2. The molecule has 59 heavy (non-hydrogen) atoms. The van der Waals surface area contributed by atoms with Crippen molar-refractivity contribution in [3.8, 4) is 11.5 Å². The normalized spacial score (nSPS) is 16.0. The summed E-state index contributed by atoms with van der Waals surface area (Å²) < 4.78 is 48.2. The van der Waals surface area contributed by atoms with E-state index in [1.807, 2.05) is 58.5 Å². The van der Waals surface area contributed by atoms with Gasteiger partial charge in [-0.05, 0) is 79.3 Å². The number of hydrogen-bond acceptors (Lipinski definition) is 11.